The fraction of sp³-hybridized carbons (Fsp3) is 0.429. The van der Waals surface area contributed by atoms with Gasteiger partial charge >= 0.3 is 6.03 Å². The Morgan fingerprint density at radius 1 is 1.13 bits per heavy atom. The number of anilines is 2. The number of oxazole rings is 1. The van der Waals surface area contributed by atoms with Gasteiger partial charge in [-0.3, -0.25) is 10.3 Å². The number of piperidine rings is 1. The van der Waals surface area contributed by atoms with Crippen molar-refractivity contribution in [2.24, 2.45) is 0 Å². The highest BCUT2D eigenvalue weighted by atomic mass is 19.1. The summed E-state index contributed by atoms with van der Waals surface area (Å²) in [6.45, 7) is 1.23. The molecule has 2 N–H and O–H groups in total. The Hall–Kier alpha value is -3.30. The van der Waals surface area contributed by atoms with Crippen LogP contribution in [0.1, 0.15) is 25.2 Å². The molecule has 31 heavy (non-hydrogen) atoms. The van der Waals surface area contributed by atoms with Crippen molar-refractivity contribution in [1.82, 2.24) is 19.9 Å². The molecule has 0 unspecified atom stereocenters. The maximum Gasteiger partial charge on any atom is 0.323 e. The van der Waals surface area contributed by atoms with E-state index in [1.807, 2.05) is 0 Å². The Labute approximate surface area is 178 Å². The molecule has 0 atom stereocenters. The Morgan fingerprint density at radius 2 is 1.87 bits per heavy atom. The molecule has 8 nitrogen and oxygen atoms in total. The van der Waals surface area contributed by atoms with E-state index in [1.54, 1.807) is 36.5 Å². The lowest BCUT2D eigenvalue weighted by atomic mass is 10.1. The number of halogens is 2. The summed E-state index contributed by atoms with van der Waals surface area (Å²) in [4.78, 5) is 27.2. The fourth-order valence-corrected chi connectivity index (χ4v) is 3.57. The third-order valence-corrected chi connectivity index (χ3v) is 5.24. The molecule has 3 aromatic rings. The monoisotopic (exact) mass is 430 g/mol. The molecule has 1 fully saturated rings. The lowest BCUT2D eigenvalue weighted by Crippen LogP contribution is -2.39. The van der Waals surface area contributed by atoms with Crippen molar-refractivity contribution in [2.75, 3.05) is 37.1 Å². The second kappa shape index (κ2) is 9.23. The molecule has 4 rings (SSSR count). The molecule has 0 aliphatic carbocycles. The molecule has 0 radical (unpaired) electrons. The van der Waals surface area contributed by atoms with E-state index in [2.05, 4.69) is 25.6 Å². The average Bonchev–Trinajstić information content (AvgIpc) is 3.24. The first-order valence-electron chi connectivity index (χ1n) is 10.2. The molecule has 2 amide bonds. The van der Waals surface area contributed by atoms with E-state index in [1.165, 1.54) is 0 Å². The predicted octanol–water partition coefficient (Wildman–Crippen LogP) is 4.33. The van der Waals surface area contributed by atoms with Gasteiger partial charge in [0.2, 0.25) is 0 Å². The maximum absolute atomic E-state index is 13.3. The number of amides is 2. The Kier molecular flexibility index (Phi) is 6.24. The normalized spacial score (nSPS) is 14.3. The van der Waals surface area contributed by atoms with Crippen molar-refractivity contribution >= 4 is 28.3 Å². The number of rotatable bonds is 6. The number of alkyl halides is 2. The minimum atomic E-state index is -1.07. The zero-order valence-electron chi connectivity index (χ0n) is 17.2. The molecule has 164 valence electrons. The highest BCUT2D eigenvalue weighted by Crippen LogP contribution is 2.33. The maximum atomic E-state index is 13.3. The number of fused-ring (bicyclic) bond motifs is 1. The van der Waals surface area contributed by atoms with Crippen molar-refractivity contribution in [3.8, 4) is 11.5 Å². The van der Waals surface area contributed by atoms with Crippen molar-refractivity contribution < 1.29 is 18.0 Å². The SMILES string of the molecule is Cc1ncc(-c2cc3c(NC(CF)CF)c(NC(=O)N4CCCCC4)ncc3cn2)o1. The van der Waals surface area contributed by atoms with Crippen LogP contribution >= 0.6 is 0 Å². The molecule has 1 aliphatic heterocycles. The first-order valence-corrected chi connectivity index (χ1v) is 10.2. The highest BCUT2D eigenvalue weighted by Gasteiger charge is 2.21. The summed E-state index contributed by atoms with van der Waals surface area (Å²) in [6, 6.07) is 0.373. The van der Waals surface area contributed by atoms with E-state index < -0.39 is 19.4 Å². The van der Waals surface area contributed by atoms with Gasteiger partial charge in [-0.15, -0.1) is 0 Å². The van der Waals surface area contributed by atoms with E-state index >= 15 is 0 Å². The van der Waals surface area contributed by atoms with Crippen LogP contribution in [-0.2, 0) is 0 Å². The molecule has 10 heteroatoms. The number of pyridine rings is 2. The van der Waals surface area contributed by atoms with Gasteiger partial charge in [-0.1, -0.05) is 0 Å². The van der Waals surface area contributed by atoms with E-state index in [0.717, 1.165) is 19.3 Å². The second-order valence-electron chi connectivity index (χ2n) is 7.51. The summed E-state index contributed by atoms with van der Waals surface area (Å²) >= 11 is 0. The lowest BCUT2D eigenvalue weighted by Gasteiger charge is -2.27. The number of hydrogen-bond acceptors (Lipinski definition) is 6. The zero-order valence-corrected chi connectivity index (χ0v) is 17.2. The first kappa shape index (κ1) is 21.0. The summed E-state index contributed by atoms with van der Waals surface area (Å²) in [5, 5.41) is 6.92. The van der Waals surface area contributed by atoms with Crippen LogP contribution in [-0.4, -0.2) is 58.4 Å². The summed E-state index contributed by atoms with van der Waals surface area (Å²) in [5.74, 6) is 1.17. The quantitative estimate of drug-likeness (QED) is 0.604. The van der Waals surface area contributed by atoms with Crippen LogP contribution in [0, 0.1) is 6.92 Å². The van der Waals surface area contributed by atoms with Gasteiger partial charge in [0.1, 0.15) is 19.0 Å². The molecule has 1 aliphatic rings. The molecule has 3 aromatic heterocycles. The number of hydrogen-bond donors (Lipinski definition) is 2. The van der Waals surface area contributed by atoms with Crippen molar-refractivity contribution in [1.29, 1.82) is 0 Å². The van der Waals surface area contributed by atoms with Gasteiger partial charge in [0.25, 0.3) is 0 Å². The van der Waals surface area contributed by atoms with Gasteiger partial charge in [0, 0.05) is 43.2 Å². The van der Waals surface area contributed by atoms with Crippen LogP contribution < -0.4 is 10.6 Å². The third-order valence-electron chi connectivity index (χ3n) is 5.24. The van der Waals surface area contributed by atoms with E-state index in [9.17, 15) is 13.6 Å². The van der Waals surface area contributed by atoms with Crippen LogP contribution in [0.3, 0.4) is 0 Å². The number of nitrogens with one attached hydrogen (secondary N) is 2. The van der Waals surface area contributed by atoms with Gasteiger partial charge in [0.05, 0.1) is 17.9 Å². The van der Waals surface area contributed by atoms with Crippen molar-refractivity contribution in [3.05, 3.63) is 30.5 Å². The largest absolute Gasteiger partial charge is 0.439 e. The Balaban J connectivity index is 1.75. The summed E-state index contributed by atoms with van der Waals surface area (Å²) in [5.41, 5.74) is 0.843. The minimum Gasteiger partial charge on any atom is -0.439 e. The Morgan fingerprint density at radius 3 is 2.55 bits per heavy atom. The van der Waals surface area contributed by atoms with Gasteiger partial charge in [0.15, 0.2) is 17.5 Å². The molecular formula is C21H24F2N6O2. The number of urea groups is 1. The van der Waals surface area contributed by atoms with Gasteiger partial charge in [-0.05, 0) is 25.3 Å². The van der Waals surface area contributed by atoms with Crippen molar-refractivity contribution in [3.63, 3.8) is 0 Å². The summed E-state index contributed by atoms with van der Waals surface area (Å²) in [7, 11) is 0. The van der Waals surface area contributed by atoms with Gasteiger partial charge < -0.3 is 14.6 Å². The summed E-state index contributed by atoms with van der Waals surface area (Å²) in [6.07, 6.45) is 7.70. The van der Waals surface area contributed by atoms with Gasteiger partial charge in [-0.2, -0.15) is 0 Å². The number of aromatic nitrogens is 3. The Bertz CT molecular complexity index is 1060. The molecule has 0 saturated carbocycles. The van der Waals surface area contributed by atoms with Crippen LogP contribution in [0.4, 0.5) is 25.1 Å². The van der Waals surface area contributed by atoms with Crippen LogP contribution in [0.15, 0.2) is 29.1 Å². The number of aryl methyl sites for hydroxylation is 1. The molecule has 4 heterocycles. The predicted molar refractivity (Wildman–Crippen MR) is 114 cm³/mol. The highest BCUT2D eigenvalue weighted by molar-refractivity contribution is 6.03. The van der Waals surface area contributed by atoms with Crippen LogP contribution in [0.2, 0.25) is 0 Å². The van der Waals surface area contributed by atoms with Crippen LogP contribution in [0.25, 0.3) is 22.2 Å². The number of carbonyl (C=O) groups is 1. The molecule has 0 bridgehead atoms. The van der Waals surface area contributed by atoms with Crippen molar-refractivity contribution in [2.45, 2.75) is 32.2 Å². The first-order chi connectivity index (χ1) is 15.1. The molecular weight excluding hydrogens is 406 g/mol. The second-order valence-corrected chi connectivity index (χ2v) is 7.51. The topological polar surface area (TPSA) is 96.2 Å². The zero-order chi connectivity index (χ0) is 21.8. The molecule has 0 aromatic carbocycles. The number of likely N-dealkylation sites (tertiary alicyclic amines) is 1. The van der Waals surface area contributed by atoms with Crippen LogP contribution in [0.5, 0.6) is 0 Å². The number of carbonyl (C=O) groups excluding carboxylic acids is 1. The summed E-state index contributed by atoms with van der Waals surface area (Å²) < 4.78 is 32.2. The van der Waals surface area contributed by atoms with E-state index in [-0.39, 0.29) is 11.8 Å². The minimum absolute atomic E-state index is 0.209. The lowest BCUT2D eigenvalue weighted by molar-refractivity contribution is 0.200. The van der Waals surface area contributed by atoms with E-state index in [4.69, 9.17) is 4.42 Å². The average molecular weight is 430 g/mol. The third kappa shape index (κ3) is 4.57. The van der Waals surface area contributed by atoms with E-state index in [0.29, 0.717) is 46.9 Å². The standard InChI is InChI=1S/C21H24F2N6O2/c1-13-24-12-18(31-13)17-7-16-14(10-25-17)11-26-20(19(16)27-15(8-22)9-23)28-21(30)29-5-3-2-4-6-29/h7,10-12,15,27H,2-6,8-9H2,1H3,(H,26,28,30). The fourth-order valence-electron chi connectivity index (χ4n) is 3.57. The van der Waals surface area contributed by atoms with Gasteiger partial charge in [-0.25, -0.2) is 23.5 Å². The number of nitrogens with zero attached hydrogens (tertiary/aromatic N) is 4. The molecule has 0 spiro atoms. The smallest absolute Gasteiger partial charge is 0.323 e. The molecule has 1 saturated heterocycles.